The summed E-state index contributed by atoms with van der Waals surface area (Å²) in [5, 5.41) is 5.21. The van der Waals surface area contributed by atoms with E-state index < -0.39 is 31.5 Å². The number of ether oxygens (including phenoxy) is 1. The highest BCUT2D eigenvalue weighted by atomic mass is 32.2. The molecule has 0 fully saturated rings. The van der Waals surface area contributed by atoms with Crippen molar-refractivity contribution in [3.05, 3.63) is 58.9 Å². The molecule has 0 saturated carbocycles. The van der Waals surface area contributed by atoms with Crippen LogP contribution >= 0.6 is 11.3 Å². The van der Waals surface area contributed by atoms with Crippen LogP contribution in [-0.4, -0.2) is 46.3 Å². The highest BCUT2D eigenvalue weighted by Crippen LogP contribution is 2.21. The van der Waals surface area contributed by atoms with Gasteiger partial charge in [-0.05, 0) is 30.7 Å². The molecule has 1 heterocycles. The number of hydrogen-bond acceptors (Lipinski definition) is 7. The maximum Gasteiger partial charge on any atom is 0.263 e. The normalized spacial score (nSPS) is 13.0. The minimum Gasteiger partial charge on any atom is -0.380 e. The Morgan fingerprint density at radius 1 is 1.12 bits per heavy atom. The fourth-order valence-corrected chi connectivity index (χ4v) is 6.01. The Morgan fingerprint density at radius 3 is 2.50 bits per heavy atom. The van der Waals surface area contributed by atoms with Crippen LogP contribution in [-0.2, 0) is 41.7 Å². The molecule has 12 heteroatoms. The molecule has 32 heavy (non-hydrogen) atoms. The van der Waals surface area contributed by atoms with E-state index in [1.165, 1.54) is 12.1 Å². The maximum absolute atomic E-state index is 12.5. The summed E-state index contributed by atoms with van der Waals surface area (Å²) in [6.07, 6.45) is 0. The molecule has 1 aromatic heterocycles. The highest BCUT2D eigenvalue weighted by molar-refractivity contribution is 7.91. The number of fused-ring (bicyclic) bond motifs is 1. The number of rotatable bonds is 9. The first-order valence-electron chi connectivity index (χ1n) is 9.65. The lowest BCUT2D eigenvalue weighted by Gasteiger charge is -2.06. The first-order valence-corrected chi connectivity index (χ1v) is 13.8. The van der Waals surface area contributed by atoms with E-state index in [1.807, 2.05) is 6.92 Å². The van der Waals surface area contributed by atoms with Crippen molar-refractivity contribution >= 4 is 47.3 Å². The van der Waals surface area contributed by atoms with E-state index in [-0.39, 0.29) is 15.4 Å². The molecule has 0 spiro atoms. The van der Waals surface area contributed by atoms with Gasteiger partial charge in [0.1, 0.15) is 5.75 Å². The lowest BCUT2D eigenvalue weighted by atomic mass is 10.2. The predicted molar refractivity (Wildman–Crippen MR) is 122 cm³/mol. The van der Waals surface area contributed by atoms with E-state index in [1.54, 1.807) is 41.0 Å². The van der Waals surface area contributed by atoms with E-state index >= 15 is 0 Å². The molecule has 3 rings (SSSR count). The lowest BCUT2D eigenvalue weighted by molar-refractivity contribution is -0.115. The van der Waals surface area contributed by atoms with Crippen molar-refractivity contribution in [3.63, 3.8) is 0 Å². The molecule has 0 aliphatic rings. The standard InChI is InChI=1S/C20H23N3O6S3/c1-2-29-11-10-23-17-9-8-16(32(21,27)28)12-18(17)30-20(23)22-19(24)14-31(25,26)13-15-6-4-3-5-7-15/h3-9,12H,2,10-11,13-14H2,1H3,(H2,21,27,28). The zero-order valence-corrected chi connectivity index (χ0v) is 19.7. The zero-order chi connectivity index (χ0) is 23.4. The largest absolute Gasteiger partial charge is 0.380 e. The number of amides is 1. The summed E-state index contributed by atoms with van der Waals surface area (Å²) in [5.74, 6) is -1.79. The van der Waals surface area contributed by atoms with Crippen molar-refractivity contribution in [1.82, 2.24) is 4.57 Å². The third-order valence-corrected chi connectivity index (χ3v) is 7.85. The van der Waals surface area contributed by atoms with Crippen molar-refractivity contribution in [2.45, 2.75) is 24.1 Å². The Labute approximate surface area is 190 Å². The molecule has 0 aliphatic heterocycles. The van der Waals surface area contributed by atoms with E-state index in [4.69, 9.17) is 9.88 Å². The zero-order valence-electron chi connectivity index (χ0n) is 17.3. The first-order chi connectivity index (χ1) is 15.1. The van der Waals surface area contributed by atoms with Gasteiger partial charge in [-0.2, -0.15) is 4.99 Å². The Kier molecular flexibility index (Phi) is 7.62. The Balaban J connectivity index is 1.95. The molecule has 0 unspecified atom stereocenters. The maximum atomic E-state index is 12.5. The Bertz CT molecular complexity index is 1390. The number of nitrogens with two attached hydrogens (primary N) is 1. The Hall–Kier alpha value is -2.38. The molecule has 3 aromatic rings. The lowest BCUT2D eigenvalue weighted by Crippen LogP contribution is -2.23. The van der Waals surface area contributed by atoms with Crippen LogP contribution in [0.5, 0.6) is 0 Å². The quantitative estimate of drug-likeness (QED) is 0.444. The van der Waals surface area contributed by atoms with Crippen molar-refractivity contribution in [2.24, 2.45) is 10.1 Å². The van der Waals surface area contributed by atoms with Crippen molar-refractivity contribution < 1.29 is 26.4 Å². The average molecular weight is 498 g/mol. The topological polar surface area (TPSA) is 138 Å². The number of hydrogen-bond donors (Lipinski definition) is 1. The number of sulfonamides is 1. The molecule has 0 aliphatic carbocycles. The Morgan fingerprint density at radius 2 is 1.84 bits per heavy atom. The fraction of sp³-hybridized carbons (Fsp3) is 0.300. The SMILES string of the molecule is CCOCCn1c(=NC(=O)CS(=O)(=O)Cc2ccccc2)sc2cc(S(N)(=O)=O)ccc21. The third kappa shape index (κ3) is 6.33. The molecular weight excluding hydrogens is 474 g/mol. The molecule has 9 nitrogen and oxygen atoms in total. The van der Waals surface area contributed by atoms with Gasteiger partial charge in [0, 0.05) is 13.2 Å². The number of carbonyl (C=O) groups is 1. The third-order valence-electron chi connectivity index (χ3n) is 4.44. The van der Waals surface area contributed by atoms with E-state index in [2.05, 4.69) is 4.99 Å². The molecule has 0 saturated heterocycles. The number of nitrogens with zero attached hydrogens (tertiary/aromatic N) is 2. The second kappa shape index (κ2) is 10.0. The number of benzene rings is 2. The fourth-order valence-electron chi connectivity index (χ4n) is 3.04. The molecule has 2 aromatic carbocycles. The van der Waals surface area contributed by atoms with Crippen LogP contribution in [0.2, 0.25) is 0 Å². The number of carbonyl (C=O) groups excluding carboxylic acids is 1. The second-order valence-corrected chi connectivity index (χ2v) is 11.6. The van der Waals surface area contributed by atoms with Gasteiger partial charge >= 0.3 is 0 Å². The van der Waals surface area contributed by atoms with Crippen LogP contribution in [0.4, 0.5) is 0 Å². The predicted octanol–water partition coefficient (Wildman–Crippen LogP) is 1.43. The summed E-state index contributed by atoms with van der Waals surface area (Å²) in [6, 6.07) is 12.9. The van der Waals surface area contributed by atoms with Gasteiger partial charge in [0.15, 0.2) is 14.6 Å². The summed E-state index contributed by atoms with van der Waals surface area (Å²) in [5.41, 5.74) is 1.23. The van der Waals surface area contributed by atoms with Gasteiger partial charge in [-0.25, -0.2) is 22.0 Å². The number of primary sulfonamides is 1. The van der Waals surface area contributed by atoms with Crippen LogP contribution in [0.15, 0.2) is 58.4 Å². The van der Waals surface area contributed by atoms with Crippen molar-refractivity contribution in [1.29, 1.82) is 0 Å². The molecule has 0 atom stereocenters. The number of thiazole rings is 1. The molecule has 0 radical (unpaired) electrons. The molecule has 0 bridgehead atoms. The minimum absolute atomic E-state index is 0.0634. The summed E-state index contributed by atoms with van der Waals surface area (Å²) >= 11 is 1.08. The first kappa shape index (κ1) is 24.3. The summed E-state index contributed by atoms with van der Waals surface area (Å²) < 4.78 is 55.9. The average Bonchev–Trinajstić information content (AvgIpc) is 3.03. The monoisotopic (exact) mass is 497 g/mol. The van der Waals surface area contributed by atoms with Crippen LogP contribution < -0.4 is 9.94 Å². The van der Waals surface area contributed by atoms with Crippen molar-refractivity contribution in [3.8, 4) is 0 Å². The number of aromatic nitrogens is 1. The smallest absolute Gasteiger partial charge is 0.263 e. The second-order valence-electron chi connectivity index (χ2n) is 6.93. The van der Waals surface area contributed by atoms with Gasteiger partial charge in [-0.1, -0.05) is 41.7 Å². The molecule has 1 amide bonds. The number of sulfone groups is 1. The van der Waals surface area contributed by atoms with Crippen molar-refractivity contribution in [2.75, 3.05) is 19.0 Å². The van der Waals surface area contributed by atoms with Gasteiger partial charge in [0.05, 0.1) is 27.5 Å². The van der Waals surface area contributed by atoms with Gasteiger partial charge in [0.25, 0.3) is 5.91 Å². The molecule has 2 N–H and O–H groups in total. The van der Waals surface area contributed by atoms with Crippen LogP contribution in [0.3, 0.4) is 0 Å². The van der Waals surface area contributed by atoms with Crippen LogP contribution in [0, 0.1) is 0 Å². The van der Waals surface area contributed by atoms with Gasteiger partial charge in [0.2, 0.25) is 10.0 Å². The minimum atomic E-state index is -3.90. The van der Waals surface area contributed by atoms with Crippen LogP contribution in [0.25, 0.3) is 10.2 Å². The van der Waals surface area contributed by atoms with Crippen LogP contribution in [0.1, 0.15) is 12.5 Å². The van der Waals surface area contributed by atoms with Gasteiger partial charge in [-0.15, -0.1) is 0 Å². The summed E-state index contributed by atoms with van der Waals surface area (Å²) in [4.78, 5) is 16.7. The summed E-state index contributed by atoms with van der Waals surface area (Å²) in [7, 11) is -7.61. The van der Waals surface area contributed by atoms with Gasteiger partial charge in [-0.3, -0.25) is 4.79 Å². The highest BCUT2D eigenvalue weighted by Gasteiger charge is 2.18. The van der Waals surface area contributed by atoms with E-state index in [0.717, 1.165) is 11.3 Å². The van der Waals surface area contributed by atoms with E-state index in [9.17, 15) is 21.6 Å². The molecular formula is C20H23N3O6S3. The van der Waals surface area contributed by atoms with E-state index in [0.29, 0.717) is 35.5 Å². The molecule has 172 valence electrons. The van der Waals surface area contributed by atoms with Gasteiger partial charge < -0.3 is 9.30 Å². The summed E-state index contributed by atoms with van der Waals surface area (Å²) in [6.45, 7) is 3.04.